The summed E-state index contributed by atoms with van der Waals surface area (Å²) in [5.74, 6) is 0.767. The normalized spacial score (nSPS) is 11.0. The maximum Gasteiger partial charge on any atom is 0.272 e. The van der Waals surface area contributed by atoms with Gasteiger partial charge >= 0.3 is 0 Å². The van der Waals surface area contributed by atoms with Gasteiger partial charge < -0.3 is 9.73 Å². The number of carbonyl (C=O) groups is 1. The van der Waals surface area contributed by atoms with E-state index in [0.29, 0.717) is 27.7 Å². The van der Waals surface area contributed by atoms with E-state index < -0.39 is 0 Å². The summed E-state index contributed by atoms with van der Waals surface area (Å²) in [6.45, 7) is 0.851. The van der Waals surface area contributed by atoms with Crippen molar-refractivity contribution in [2.75, 3.05) is 12.3 Å². The molecule has 1 N–H and O–H groups in total. The van der Waals surface area contributed by atoms with Crippen molar-refractivity contribution in [3.8, 4) is 0 Å². The van der Waals surface area contributed by atoms with Crippen LogP contribution in [0.25, 0.3) is 10.2 Å². The number of rotatable bonds is 8. The number of amides is 1. The highest BCUT2D eigenvalue weighted by Gasteiger charge is 2.15. The summed E-state index contributed by atoms with van der Waals surface area (Å²) in [7, 11) is 0. The number of benzene rings is 1. The summed E-state index contributed by atoms with van der Waals surface area (Å²) < 4.78 is 7.56. The highest BCUT2D eigenvalue weighted by molar-refractivity contribution is 7.99. The van der Waals surface area contributed by atoms with Crippen LogP contribution < -0.4 is 10.9 Å². The lowest BCUT2D eigenvalue weighted by Crippen LogP contribution is -2.28. The second kappa shape index (κ2) is 9.11. The maximum absolute atomic E-state index is 12.9. The number of furan rings is 1. The largest absolute Gasteiger partial charge is 0.467 e. The standard InChI is InChI=1S/C21H19N3O3S2/c25-18(22-10-8-15-5-2-1-3-6-15)14-29-21-23-17-9-12-28-19(17)20(26)24(21)13-16-7-4-11-27-16/h1-7,9,11-12H,8,10,13-14H2,(H,22,25). The molecule has 1 amide bonds. The summed E-state index contributed by atoms with van der Waals surface area (Å²) in [6.07, 6.45) is 2.35. The van der Waals surface area contributed by atoms with Crippen molar-refractivity contribution >= 4 is 39.2 Å². The molecule has 0 fully saturated rings. The van der Waals surface area contributed by atoms with Gasteiger partial charge in [0.05, 0.1) is 24.1 Å². The fraction of sp³-hybridized carbons (Fsp3) is 0.190. The first-order valence-electron chi connectivity index (χ1n) is 9.14. The smallest absolute Gasteiger partial charge is 0.272 e. The number of hydrogen-bond donors (Lipinski definition) is 1. The van der Waals surface area contributed by atoms with Crippen molar-refractivity contribution in [1.82, 2.24) is 14.9 Å². The summed E-state index contributed by atoms with van der Waals surface area (Å²) >= 11 is 2.63. The summed E-state index contributed by atoms with van der Waals surface area (Å²) in [5.41, 5.74) is 1.72. The van der Waals surface area contributed by atoms with Gasteiger partial charge in [0.15, 0.2) is 5.16 Å². The molecule has 3 aromatic heterocycles. The van der Waals surface area contributed by atoms with Crippen molar-refractivity contribution < 1.29 is 9.21 Å². The van der Waals surface area contributed by atoms with E-state index in [4.69, 9.17) is 4.42 Å². The van der Waals surface area contributed by atoms with Crippen LogP contribution in [0.15, 0.2) is 74.5 Å². The molecule has 0 aliphatic rings. The minimum Gasteiger partial charge on any atom is -0.467 e. The van der Waals surface area contributed by atoms with Crippen molar-refractivity contribution in [2.45, 2.75) is 18.1 Å². The number of fused-ring (bicyclic) bond motifs is 1. The fourth-order valence-electron chi connectivity index (χ4n) is 2.90. The molecule has 0 spiro atoms. The molecule has 0 unspecified atom stereocenters. The van der Waals surface area contributed by atoms with Crippen LogP contribution in [-0.2, 0) is 17.8 Å². The average molecular weight is 426 g/mol. The molecule has 0 saturated carbocycles. The maximum atomic E-state index is 12.9. The molecule has 3 heterocycles. The van der Waals surface area contributed by atoms with Crippen molar-refractivity contribution in [1.29, 1.82) is 0 Å². The molecule has 0 radical (unpaired) electrons. The van der Waals surface area contributed by atoms with E-state index in [1.54, 1.807) is 16.9 Å². The van der Waals surface area contributed by atoms with Crippen LogP contribution in [0.5, 0.6) is 0 Å². The molecule has 4 aromatic rings. The van der Waals surface area contributed by atoms with Crippen LogP contribution in [0.1, 0.15) is 11.3 Å². The number of carbonyl (C=O) groups excluding carboxylic acids is 1. The second-order valence-corrected chi connectivity index (χ2v) is 8.23. The van der Waals surface area contributed by atoms with Crippen LogP contribution in [0, 0.1) is 0 Å². The fourth-order valence-corrected chi connectivity index (χ4v) is 4.51. The third-order valence-corrected chi connectivity index (χ3v) is 6.20. The van der Waals surface area contributed by atoms with E-state index in [9.17, 15) is 9.59 Å². The number of aromatic nitrogens is 2. The first-order valence-corrected chi connectivity index (χ1v) is 11.0. The molecule has 148 valence electrons. The minimum absolute atomic E-state index is 0.0878. The molecule has 29 heavy (non-hydrogen) atoms. The molecular weight excluding hydrogens is 406 g/mol. The molecule has 4 rings (SSSR count). The van der Waals surface area contributed by atoms with E-state index in [-0.39, 0.29) is 23.8 Å². The van der Waals surface area contributed by atoms with Gasteiger partial charge in [0.1, 0.15) is 10.5 Å². The van der Waals surface area contributed by atoms with Crippen molar-refractivity contribution in [3.63, 3.8) is 0 Å². The lowest BCUT2D eigenvalue weighted by atomic mass is 10.1. The van der Waals surface area contributed by atoms with E-state index in [1.807, 2.05) is 47.8 Å². The number of thiophene rings is 1. The molecular formula is C21H19N3O3S2. The van der Waals surface area contributed by atoms with Crippen LogP contribution >= 0.6 is 23.1 Å². The average Bonchev–Trinajstić information content (AvgIpc) is 3.41. The third-order valence-electron chi connectivity index (χ3n) is 4.34. The first-order chi connectivity index (χ1) is 14.2. The lowest BCUT2D eigenvalue weighted by Gasteiger charge is -2.11. The van der Waals surface area contributed by atoms with Gasteiger partial charge in [0, 0.05) is 6.54 Å². The zero-order valence-corrected chi connectivity index (χ0v) is 17.2. The van der Waals surface area contributed by atoms with Gasteiger partial charge in [-0.1, -0.05) is 42.1 Å². The zero-order valence-electron chi connectivity index (χ0n) is 15.5. The second-order valence-electron chi connectivity index (χ2n) is 6.37. The molecule has 0 bridgehead atoms. The molecule has 1 aromatic carbocycles. The monoisotopic (exact) mass is 425 g/mol. The van der Waals surface area contributed by atoms with Crippen molar-refractivity contribution in [2.24, 2.45) is 0 Å². The molecule has 0 aliphatic carbocycles. The van der Waals surface area contributed by atoms with Crippen LogP contribution in [0.3, 0.4) is 0 Å². The van der Waals surface area contributed by atoms with E-state index in [2.05, 4.69) is 10.3 Å². The Hall–Kier alpha value is -2.84. The highest BCUT2D eigenvalue weighted by atomic mass is 32.2. The van der Waals surface area contributed by atoms with Crippen molar-refractivity contribution in [3.05, 3.63) is 81.9 Å². The van der Waals surface area contributed by atoms with Gasteiger partial charge in [0.2, 0.25) is 5.91 Å². The van der Waals surface area contributed by atoms with Gasteiger partial charge in [0.25, 0.3) is 5.56 Å². The Labute approximate surface area is 175 Å². The Kier molecular flexibility index (Phi) is 6.12. The topological polar surface area (TPSA) is 77.1 Å². The first kappa shape index (κ1) is 19.5. The Bertz CT molecular complexity index is 1150. The molecule has 0 saturated heterocycles. The van der Waals surface area contributed by atoms with Gasteiger partial charge in [-0.2, -0.15) is 0 Å². The Morgan fingerprint density at radius 3 is 2.83 bits per heavy atom. The Morgan fingerprint density at radius 1 is 1.17 bits per heavy atom. The van der Waals surface area contributed by atoms with E-state index in [1.165, 1.54) is 28.7 Å². The number of hydrogen-bond acceptors (Lipinski definition) is 6. The summed E-state index contributed by atoms with van der Waals surface area (Å²) in [6, 6.07) is 15.4. The molecule has 6 nitrogen and oxygen atoms in total. The zero-order chi connectivity index (χ0) is 20.1. The minimum atomic E-state index is -0.117. The van der Waals surface area contributed by atoms with E-state index >= 15 is 0 Å². The summed E-state index contributed by atoms with van der Waals surface area (Å²) in [4.78, 5) is 29.7. The predicted octanol–water partition coefficient (Wildman–Crippen LogP) is 3.55. The van der Waals surface area contributed by atoms with Gasteiger partial charge in [-0.15, -0.1) is 11.3 Å². The molecule has 8 heteroatoms. The predicted molar refractivity (Wildman–Crippen MR) is 116 cm³/mol. The van der Waals surface area contributed by atoms with Gasteiger partial charge in [-0.05, 0) is 35.6 Å². The van der Waals surface area contributed by atoms with Crippen LogP contribution in [-0.4, -0.2) is 27.8 Å². The number of thioether (sulfide) groups is 1. The number of nitrogens with one attached hydrogen (secondary N) is 1. The van der Waals surface area contributed by atoms with Gasteiger partial charge in [-0.3, -0.25) is 14.2 Å². The Morgan fingerprint density at radius 2 is 2.03 bits per heavy atom. The van der Waals surface area contributed by atoms with Crippen LogP contribution in [0.2, 0.25) is 0 Å². The van der Waals surface area contributed by atoms with Crippen LogP contribution in [0.4, 0.5) is 0 Å². The van der Waals surface area contributed by atoms with E-state index in [0.717, 1.165) is 6.42 Å². The van der Waals surface area contributed by atoms with Gasteiger partial charge in [-0.25, -0.2) is 4.98 Å². The number of nitrogens with zero attached hydrogens (tertiary/aromatic N) is 2. The molecule has 0 atom stereocenters. The quantitative estimate of drug-likeness (QED) is 0.345. The highest BCUT2D eigenvalue weighted by Crippen LogP contribution is 2.21. The summed E-state index contributed by atoms with van der Waals surface area (Å²) in [5, 5.41) is 5.28. The molecule has 0 aliphatic heterocycles. The SMILES string of the molecule is O=C(CSc1nc2ccsc2c(=O)n1Cc1ccco1)NCCc1ccccc1. The third kappa shape index (κ3) is 4.78. The lowest BCUT2D eigenvalue weighted by molar-refractivity contribution is -0.118. The Balaban J connectivity index is 1.44.